The first-order chi connectivity index (χ1) is 12.2. The van der Waals surface area contributed by atoms with Crippen LogP contribution in [-0.2, 0) is 9.59 Å². The van der Waals surface area contributed by atoms with Gasteiger partial charge in [-0.15, -0.1) is 0 Å². The van der Waals surface area contributed by atoms with Crippen molar-refractivity contribution in [1.82, 2.24) is 10.2 Å². The summed E-state index contributed by atoms with van der Waals surface area (Å²) in [4.78, 5) is 26.3. The van der Waals surface area contributed by atoms with E-state index in [-0.39, 0.29) is 17.9 Å². The van der Waals surface area contributed by atoms with Gasteiger partial charge in [0.15, 0.2) is 0 Å². The zero-order valence-electron chi connectivity index (χ0n) is 14.8. The summed E-state index contributed by atoms with van der Waals surface area (Å²) < 4.78 is 0. The number of nitrogens with one attached hydrogen (secondary N) is 1. The molecule has 132 valence electrons. The van der Waals surface area contributed by atoms with Crippen molar-refractivity contribution in [3.05, 3.63) is 48.0 Å². The molecule has 0 aliphatic carbocycles. The highest BCUT2D eigenvalue weighted by molar-refractivity contribution is 5.87. The second-order valence-electron chi connectivity index (χ2n) is 6.62. The number of carbonyl (C=O) groups is 2. The molecule has 1 N–H and O–H groups in total. The summed E-state index contributed by atoms with van der Waals surface area (Å²) in [5.41, 5.74) is 1.24. The van der Waals surface area contributed by atoms with Gasteiger partial charge in [-0.05, 0) is 42.5 Å². The van der Waals surface area contributed by atoms with Gasteiger partial charge in [-0.1, -0.05) is 42.5 Å². The Kier molecular flexibility index (Phi) is 5.69. The largest absolute Gasteiger partial charge is 0.356 e. The lowest BCUT2D eigenvalue weighted by atomic mass is 9.97. The molecule has 4 nitrogen and oxygen atoms in total. The van der Waals surface area contributed by atoms with Gasteiger partial charge in [0.2, 0.25) is 11.8 Å². The van der Waals surface area contributed by atoms with E-state index in [1.165, 1.54) is 16.3 Å². The van der Waals surface area contributed by atoms with Gasteiger partial charge in [0.1, 0.15) is 0 Å². The molecule has 25 heavy (non-hydrogen) atoms. The average molecular weight is 338 g/mol. The normalized spacial score (nSPS) is 17.0. The van der Waals surface area contributed by atoms with Crippen LogP contribution in [0.25, 0.3) is 10.8 Å². The summed E-state index contributed by atoms with van der Waals surface area (Å²) in [5.74, 6) is 0.196. The Morgan fingerprint density at radius 1 is 1.12 bits per heavy atom. The summed E-state index contributed by atoms with van der Waals surface area (Å²) in [5, 5.41) is 5.23. The van der Waals surface area contributed by atoms with E-state index in [0.29, 0.717) is 25.8 Å². The lowest BCUT2D eigenvalue weighted by Crippen LogP contribution is -2.31. The molecule has 1 saturated heterocycles. The van der Waals surface area contributed by atoms with Crippen LogP contribution in [0.1, 0.15) is 50.6 Å². The first kappa shape index (κ1) is 17.5. The molecule has 1 aliphatic rings. The molecule has 0 spiro atoms. The van der Waals surface area contributed by atoms with Crippen molar-refractivity contribution in [2.24, 2.45) is 0 Å². The van der Waals surface area contributed by atoms with Crippen LogP contribution >= 0.6 is 0 Å². The highest BCUT2D eigenvalue weighted by Crippen LogP contribution is 2.36. The van der Waals surface area contributed by atoms with E-state index in [9.17, 15) is 9.59 Å². The minimum Gasteiger partial charge on any atom is -0.356 e. The summed E-state index contributed by atoms with van der Waals surface area (Å²) in [6.07, 6.45) is 3.53. The monoisotopic (exact) mass is 338 g/mol. The standard InChI is InChI=1S/C21H26N2O2/c1-2-22-20(24)13-6-14-21(25)23-15-7-12-19(23)18-11-5-9-16-8-3-4-10-17(16)18/h3-5,8-11,19H,2,6-7,12-15H2,1H3,(H,22,24)/t19-/m0/s1. The fourth-order valence-corrected chi connectivity index (χ4v) is 3.76. The number of rotatable bonds is 6. The molecule has 1 atom stereocenters. The number of likely N-dealkylation sites (tertiary alicyclic amines) is 1. The van der Waals surface area contributed by atoms with Gasteiger partial charge in [0.05, 0.1) is 6.04 Å². The average Bonchev–Trinajstić information content (AvgIpc) is 3.11. The zero-order chi connectivity index (χ0) is 17.6. The molecule has 0 aromatic heterocycles. The topological polar surface area (TPSA) is 49.4 Å². The third kappa shape index (κ3) is 4.01. The maximum absolute atomic E-state index is 12.7. The van der Waals surface area contributed by atoms with Gasteiger partial charge >= 0.3 is 0 Å². The minimum atomic E-state index is 0.0299. The molecular formula is C21H26N2O2. The molecule has 2 amide bonds. The van der Waals surface area contributed by atoms with Crippen molar-refractivity contribution in [3.63, 3.8) is 0 Å². The van der Waals surface area contributed by atoms with Crippen LogP contribution in [0.2, 0.25) is 0 Å². The first-order valence-electron chi connectivity index (χ1n) is 9.24. The molecule has 0 radical (unpaired) electrons. The molecule has 4 heteroatoms. The third-order valence-electron chi connectivity index (χ3n) is 4.92. The van der Waals surface area contributed by atoms with E-state index in [2.05, 4.69) is 41.7 Å². The minimum absolute atomic E-state index is 0.0299. The molecule has 0 unspecified atom stereocenters. The fraction of sp³-hybridized carbons (Fsp3) is 0.429. The molecule has 1 aliphatic heterocycles. The summed E-state index contributed by atoms with van der Waals surface area (Å²) in [6, 6.07) is 14.9. The Bertz CT molecular complexity index is 751. The number of hydrogen-bond donors (Lipinski definition) is 1. The van der Waals surface area contributed by atoms with Crippen molar-refractivity contribution < 1.29 is 9.59 Å². The van der Waals surface area contributed by atoms with E-state index >= 15 is 0 Å². The number of carbonyl (C=O) groups excluding carboxylic acids is 2. The fourth-order valence-electron chi connectivity index (χ4n) is 3.76. The second kappa shape index (κ2) is 8.15. The quantitative estimate of drug-likeness (QED) is 0.871. The van der Waals surface area contributed by atoms with Crippen LogP contribution in [0.15, 0.2) is 42.5 Å². The van der Waals surface area contributed by atoms with Gasteiger partial charge in [-0.2, -0.15) is 0 Å². The van der Waals surface area contributed by atoms with E-state index in [1.807, 2.05) is 17.9 Å². The predicted molar refractivity (Wildman–Crippen MR) is 100 cm³/mol. The van der Waals surface area contributed by atoms with Gasteiger partial charge in [-0.25, -0.2) is 0 Å². The van der Waals surface area contributed by atoms with E-state index in [1.54, 1.807) is 0 Å². The Morgan fingerprint density at radius 3 is 2.76 bits per heavy atom. The highest BCUT2D eigenvalue weighted by atomic mass is 16.2. The van der Waals surface area contributed by atoms with Crippen molar-refractivity contribution in [2.75, 3.05) is 13.1 Å². The molecule has 1 heterocycles. The predicted octanol–water partition coefficient (Wildman–Crippen LogP) is 3.81. The molecule has 1 fully saturated rings. The summed E-state index contributed by atoms with van der Waals surface area (Å²) in [6.45, 7) is 3.36. The summed E-state index contributed by atoms with van der Waals surface area (Å²) in [7, 11) is 0. The smallest absolute Gasteiger partial charge is 0.223 e. The number of benzene rings is 2. The Hall–Kier alpha value is -2.36. The molecule has 2 aromatic rings. The first-order valence-corrected chi connectivity index (χ1v) is 9.24. The van der Waals surface area contributed by atoms with Crippen molar-refractivity contribution in [3.8, 4) is 0 Å². The van der Waals surface area contributed by atoms with Gasteiger partial charge in [-0.3, -0.25) is 9.59 Å². The third-order valence-corrected chi connectivity index (χ3v) is 4.92. The maximum atomic E-state index is 12.7. The number of fused-ring (bicyclic) bond motifs is 1. The second-order valence-corrected chi connectivity index (χ2v) is 6.62. The summed E-state index contributed by atoms with van der Waals surface area (Å²) >= 11 is 0. The number of amides is 2. The number of hydrogen-bond acceptors (Lipinski definition) is 2. The van der Waals surface area contributed by atoms with E-state index < -0.39 is 0 Å². The van der Waals surface area contributed by atoms with Crippen LogP contribution in [0, 0.1) is 0 Å². The molecule has 3 rings (SSSR count). The Labute approximate surface area is 149 Å². The van der Waals surface area contributed by atoms with Crippen molar-refractivity contribution in [1.29, 1.82) is 0 Å². The zero-order valence-corrected chi connectivity index (χ0v) is 14.8. The van der Waals surface area contributed by atoms with Crippen molar-refractivity contribution in [2.45, 2.75) is 45.1 Å². The molecule has 2 aromatic carbocycles. The molecule has 0 bridgehead atoms. The molecular weight excluding hydrogens is 312 g/mol. The SMILES string of the molecule is CCNC(=O)CCCC(=O)N1CCC[C@H]1c1cccc2ccccc12. The maximum Gasteiger partial charge on any atom is 0.223 e. The van der Waals surface area contributed by atoms with Gasteiger partial charge in [0, 0.05) is 25.9 Å². The lowest BCUT2D eigenvalue weighted by molar-refractivity contribution is -0.132. The van der Waals surface area contributed by atoms with Crippen molar-refractivity contribution >= 4 is 22.6 Å². The van der Waals surface area contributed by atoms with E-state index in [4.69, 9.17) is 0 Å². The van der Waals surface area contributed by atoms with E-state index in [0.717, 1.165) is 19.4 Å². The van der Waals surface area contributed by atoms with Crippen LogP contribution in [0.4, 0.5) is 0 Å². The van der Waals surface area contributed by atoms with Gasteiger partial charge in [0.25, 0.3) is 0 Å². The highest BCUT2D eigenvalue weighted by Gasteiger charge is 2.30. The molecule has 0 saturated carbocycles. The Balaban J connectivity index is 1.69. The van der Waals surface area contributed by atoms with Crippen LogP contribution in [-0.4, -0.2) is 29.8 Å². The van der Waals surface area contributed by atoms with Crippen LogP contribution in [0.3, 0.4) is 0 Å². The van der Waals surface area contributed by atoms with Gasteiger partial charge < -0.3 is 10.2 Å². The number of nitrogens with zero attached hydrogens (tertiary/aromatic N) is 1. The van der Waals surface area contributed by atoms with Crippen LogP contribution in [0.5, 0.6) is 0 Å². The van der Waals surface area contributed by atoms with Crippen LogP contribution < -0.4 is 5.32 Å². The lowest BCUT2D eigenvalue weighted by Gasteiger charge is -2.26. The Morgan fingerprint density at radius 2 is 1.92 bits per heavy atom.